The monoisotopic (exact) mass is 505 g/mol. The number of fused-ring (bicyclic) bond motifs is 1. The van der Waals surface area contributed by atoms with Crippen LogP contribution < -0.4 is 9.91 Å². The highest BCUT2D eigenvalue weighted by molar-refractivity contribution is 9.10. The van der Waals surface area contributed by atoms with Gasteiger partial charge in [-0.1, -0.05) is 31.9 Å². The van der Waals surface area contributed by atoms with Gasteiger partial charge in [0.1, 0.15) is 12.0 Å². The lowest BCUT2D eigenvalue weighted by Gasteiger charge is -2.22. The highest BCUT2D eigenvalue weighted by Gasteiger charge is 2.59. The number of anilines is 2. The third kappa shape index (κ3) is 2.94. The van der Waals surface area contributed by atoms with Gasteiger partial charge >= 0.3 is 5.97 Å². The second kappa shape index (κ2) is 7.14. The molecule has 9 heteroatoms. The number of carbonyl (C=O) groups is 3. The zero-order chi connectivity index (χ0) is 20.0. The minimum Gasteiger partial charge on any atom is -0.464 e. The van der Waals surface area contributed by atoms with Crippen molar-refractivity contribution in [1.82, 2.24) is 0 Å². The Morgan fingerprint density at radius 3 is 2.00 bits per heavy atom. The molecule has 0 saturated carbocycles. The summed E-state index contributed by atoms with van der Waals surface area (Å²) in [5, 5.41) is 5.69. The molecular weight excluding hydrogens is 494 g/mol. The van der Waals surface area contributed by atoms with E-state index in [1.165, 1.54) is 12.1 Å². The van der Waals surface area contributed by atoms with Crippen molar-refractivity contribution in [2.24, 2.45) is 11.0 Å². The van der Waals surface area contributed by atoms with Gasteiger partial charge in [-0.2, -0.15) is 5.10 Å². The van der Waals surface area contributed by atoms with Gasteiger partial charge in [0.05, 0.1) is 18.5 Å². The summed E-state index contributed by atoms with van der Waals surface area (Å²) in [7, 11) is 1.22. The van der Waals surface area contributed by atoms with Crippen LogP contribution in [0, 0.1) is 5.92 Å². The molecule has 2 aliphatic rings. The Hall–Kier alpha value is -2.52. The van der Waals surface area contributed by atoms with Crippen LogP contribution in [0.4, 0.5) is 11.4 Å². The van der Waals surface area contributed by atoms with E-state index in [0.717, 1.165) is 13.8 Å². The fourth-order valence-corrected chi connectivity index (χ4v) is 3.87. The molecule has 0 N–H and O–H groups in total. The lowest BCUT2D eigenvalue weighted by molar-refractivity contribution is -0.133. The van der Waals surface area contributed by atoms with Crippen molar-refractivity contribution in [2.45, 2.75) is 6.04 Å². The van der Waals surface area contributed by atoms with E-state index in [0.29, 0.717) is 11.4 Å². The van der Waals surface area contributed by atoms with Gasteiger partial charge in [-0.15, -0.1) is 0 Å². The fraction of sp³-hybridized carbons (Fsp3) is 0.158. The SMILES string of the molecule is COC(=O)C1=NN(c2ccc(Br)cc2)[C@@H]2C(=O)N(c3ccc(Br)cc3)C(=O)[C@H]12. The topological polar surface area (TPSA) is 79.3 Å². The molecular formula is C19H13Br2N3O4. The Bertz CT molecular complexity index is 1000. The van der Waals surface area contributed by atoms with Crippen LogP contribution in [0.25, 0.3) is 0 Å². The van der Waals surface area contributed by atoms with Crippen molar-refractivity contribution >= 4 is 66.7 Å². The normalized spacial score (nSPS) is 21.0. The first kappa shape index (κ1) is 18.8. The van der Waals surface area contributed by atoms with Gasteiger partial charge in [-0.3, -0.25) is 14.6 Å². The minimum atomic E-state index is -1.02. The molecule has 0 radical (unpaired) electrons. The summed E-state index contributed by atoms with van der Waals surface area (Å²) in [5.41, 5.74) is 0.955. The number of esters is 1. The smallest absolute Gasteiger partial charge is 0.355 e. The number of hydrogen-bond acceptors (Lipinski definition) is 6. The summed E-state index contributed by atoms with van der Waals surface area (Å²) >= 11 is 6.70. The molecule has 2 heterocycles. The molecule has 0 unspecified atom stereocenters. The van der Waals surface area contributed by atoms with Crippen LogP contribution in [0.3, 0.4) is 0 Å². The molecule has 2 atom stereocenters. The molecule has 2 aliphatic heterocycles. The van der Waals surface area contributed by atoms with E-state index in [9.17, 15) is 14.4 Å². The third-order valence-corrected chi connectivity index (χ3v) is 5.68. The van der Waals surface area contributed by atoms with E-state index >= 15 is 0 Å². The van der Waals surface area contributed by atoms with Crippen molar-refractivity contribution in [3.05, 3.63) is 57.5 Å². The largest absolute Gasteiger partial charge is 0.464 e. The van der Waals surface area contributed by atoms with Gasteiger partial charge in [0.15, 0.2) is 5.71 Å². The molecule has 4 rings (SSSR count). The maximum absolute atomic E-state index is 13.2. The molecule has 2 aromatic rings. The Kier molecular flexibility index (Phi) is 4.80. The Morgan fingerprint density at radius 2 is 1.46 bits per heavy atom. The van der Waals surface area contributed by atoms with E-state index in [4.69, 9.17) is 4.74 Å². The molecule has 7 nitrogen and oxygen atoms in total. The second-order valence-corrected chi connectivity index (χ2v) is 8.04. The predicted molar refractivity (Wildman–Crippen MR) is 110 cm³/mol. The molecule has 0 spiro atoms. The van der Waals surface area contributed by atoms with Crippen LogP contribution in [0.2, 0.25) is 0 Å². The molecule has 1 saturated heterocycles. The van der Waals surface area contributed by atoms with E-state index in [-0.39, 0.29) is 5.71 Å². The number of hydrogen-bond donors (Lipinski definition) is 0. The van der Waals surface area contributed by atoms with Crippen LogP contribution in [-0.4, -0.2) is 36.6 Å². The van der Waals surface area contributed by atoms with Gasteiger partial charge in [-0.05, 0) is 48.5 Å². The summed E-state index contributed by atoms with van der Waals surface area (Å²) in [6.07, 6.45) is 0. The van der Waals surface area contributed by atoms with Crippen molar-refractivity contribution in [1.29, 1.82) is 0 Å². The number of methoxy groups -OCH3 is 1. The summed E-state index contributed by atoms with van der Waals surface area (Å²) in [5.74, 6) is -2.69. The van der Waals surface area contributed by atoms with Crippen LogP contribution in [-0.2, 0) is 19.1 Å². The molecule has 2 amide bonds. The van der Waals surface area contributed by atoms with E-state index in [1.807, 2.05) is 0 Å². The molecule has 0 bridgehead atoms. The number of carbonyl (C=O) groups excluding carboxylic acids is 3. The second-order valence-electron chi connectivity index (χ2n) is 6.21. The fourth-order valence-electron chi connectivity index (χ4n) is 3.34. The quantitative estimate of drug-likeness (QED) is 0.472. The molecule has 28 heavy (non-hydrogen) atoms. The summed E-state index contributed by atoms with van der Waals surface area (Å²) in [6.45, 7) is 0. The molecule has 1 fully saturated rings. The van der Waals surface area contributed by atoms with Crippen LogP contribution in [0.5, 0.6) is 0 Å². The molecule has 0 aliphatic carbocycles. The van der Waals surface area contributed by atoms with Gasteiger partial charge in [0.25, 0.3) is 5.91 Å². The minimum absolute atomic E-state index is 0.0756. The number of hydrazone groups is 1. The van der Waals surface area contributed by atoms with E-state index in [2.05, 4.69) is 37.0 Å². The Morgan fingerprint density at radius 1 is 0.929 bits per heavy atom. The average molecular weight is 507 g/mol. The zero-order valence-corrected chi connectivity index (χ0v) is 17.7. The van der Waals surface area contributed by atoms with Crippen LogP contribution in [0.1, 0.15) is 0 Å². The van der Waals surface area contributed by atoms with Gasteiger partial charge < -0.3 is 4.74 Å². The first-order valence-electron chi connectivity index (χ1n) is 8.27. The first-order valence-corrected chi connectivity index (χ1v) is 9.86. The van der Waals surface area contributed by atoms with Crippen LogP contribution >= 0.6 is 31.9 Å². The highest BCUT2D eigenvalue weighted by Crippen LogP contribution is 2.38. The van der Waals surface area contributed by atoms with Gasteiger partial charge in [-0.25, -0.2) is 9.69 Å². The van der Waals surface area contributed by atoms with Crippen molar-refractivity contribution in [3.63, 3.8) is 0 Å². The molecule has 2 aromatic carbocycles. The van der Waals surface area contributed by atoms with Crippen LogP contribution in [0.15, 0.2) is 62.6 Å². The predicted octanol–water partition coefficient (Wildman–Crippen LogP) is 3.12. The lowest BCUT2D eigenvalue weighted by atomic mass is 9.98. The molecule has 142 valence electrons. The van der Waals surface area contributed by atoms with E-state index in [1.54, 1.807) is 48.5 Å². The Labute approximate surface area is 177 Å². The maximum Gasteiger partial charge on any atom is 0.355 e. The summed E-state index contributed by atoms with van der Waals surface area (Å²) < 4.78 is 6.47. The zero-order valence-electron chi connectivity index (χ0n) is 14.5. The number of halogens is 2. The van der Waals surface area contributed by atoms with Crippen molar-refractivity contribution in [3.8, 4) is 0 Å². The lowest BCUT2D eigenvalue weighted by Crippen LogP contribution is -2.39. The van der Waals surface area contributed by atoms with Crippen molar-refractivity contribution in [2.75, 3.05) is 17.0 Å². The number of amides is 2. The summed E-state index contributed by atoms with van der Waals surface area (Å²) in [6, 6.07) is 13.0. The molecule has 0 aromatic heterocycles. The van der Waals surface area contributed by atoms with Gasteiger partial charge in [0.2, 0.25) is 5.91 Å². The van der Waals surface area contributed by atoms with Crippen molar-refractivity contribution < 1.29 is 19.1 Å². The standard InChI is InChI=1S/C19H13Br2N3O4/c1-28-19(27)15-14-16(24(22-15)13-8-4-11(21)5-9-13)18(26)23(17(14)25)12-6-2-10(20)3-7-12/h2-9,14,16H,1H3/t14-,16+/m1/s1. The maximum atomic E-state index is 13.2. The van der Waals surface area contributed by atoms with Gasteiger partial charge in [0, 0.05) is 8.95 Å². The Balaban J connectivity index is 1.79. The highest BCUT2D eigenvalue weighted by atomic mass is 79.9. The number of rotatable bonds is 3. The average Bonchev–Trinajstić information content (AvgIpc) is 3.20. The first-order chi connectivity index (χ1) is 13.4. The summed E-state index contributed by atoms with van der Waals surface area (Å²) in [4.78, 5) is 39.7. The van der Waals surface area contributed by atoms with E-state index < -0.39 is 29.7 Å². The number of benzene rings is 2. The number of ether oxygens (including phenoxy) is 1. The number of imide groups is 1. The number of nitrogens with zero attached hydrogens (tertiary/aromatic N) is 3. The third-order valence-electron chi connectivity index (χ3n) is 4.62.